The maximum Gasteiger partial charge on any atom is 0.341 e. The Labute approximate surface area is 109 Å². The molecule has 1 fully saturated rings. The summed E-state index contributed by atoms with van der Waals surface area (Å²) in [4.78, 5) is 14.9. The molecule has 0 saturated carbocycles. The van der Waals surface area contributed by atoms with Gasteiger partial charge in [-0.1, -0.05) is 0 Å². The lowest BCUT2D eigenvalue weighted by molar-refractivity contribution is 0.0597. The number of aromatic amines is 1. The normalized spacial score (nSPS) is 18.9. The highest BCUT2D eigenvalue weighted by Gasteiger charge is 2.22. The average Bonchev–Trinajstić information content (AvgIpc) is 3.09. The van der Waals surface area contributed by atoms with E-state index < -0.39 is 5.97 Å². The molecule has 0 amide bonds. The molecule has 1 aliphatic heterocycles. The van der Waals surface area contributed by atoms with Crippen LogP contribution in [-0.4, -0.2) is 35.8 Å². The van der Waals surface area contributed by atoms with E-state index in [1.165, 1.54) is 7.11 Å². The molecule has 1 aliphatic rings. The van der Waals surface area contributed by atoms with E-state index in [1.807, 2.05) is 4.57 Å². The maximum atomic E-state index is 11.8. The largest absolute Gasteiger partial charge is 0.465 e. The molecule has 6 heteroatoms. The topological polar surface area (TPSA) is 80.1 Å². The van der Waals surface area contributed by atoms with Gasteiger partial charge in [-0.15, -0.1) is 0 Å². The summed E-state index contributed by atoms with van der Waals surface area (Å²) < 4.78 is 12.1. The molecule has 3 heterocycles. The Hall–Kier alpha value is -2.08. The predicted octanol–water partition coefficient (Wildman–Crippen LogP) is 1.20. The molecule has 19 heavy (non-hydrogen) atoms. The number of fused-ring (bicyclic) bond motifs is 1. The quantitative estimate of drug-likeness (QED) is 0.797. The lowest BCUT2D eigenvalue weighted by Gasteiger charge is -2.16. The van der Waals surface area contributed by atoms with Crippen LogP contribution in [0.5, 0.6) is 0 Å². The van der Waals surface area contributed by atoms with Gasteiger partial charge in [0.25, 0.3) is 0 Å². The Morgan fingerprint density at radius 3 is 3.16 bits per heavy atom. The number of methoxy groups -OCH3 is 1. The van der Waals surface area contributed by atoms with Crippen LogP contribution < -0.4 is 5.36 Å². The molecule has 100 valence electrons. The second-order valence-electron chi connectivity index (χ2n) is 4.57. The summed E-state index contributed by atoms with van der Waals surface area (Å²) >= 11 is 0. The van der Waals surface area contributed by atoms with Gasteiger partial charge >= 0.3 is 5.97 Å². The standard InChI is InChI=1S/C13H15N3O3/c1-18-13(17)10-6-16(8-3-5-19-7-8)12-9(11(10)14)2-4-15-12/h2,4,6,8,14-15H,3,5,7H2,1H3. The van der Waals surface area contributed by atoms with Crippen LogP contribution >= 0.6 is 0 Å². The molecular weight excluding hydrogens is 246 g/mol. The van der Waals surface area contributed by atoms with E-state index in [9.17, 15) is 4.79 Å². The fourth-order valence-electron chi connectivity index (χ4n) is 2.48. The number of rotatable bonds is 2. The highest BCUT2D eigenvalue weighted by Crippen LogP contribution is 2.23. The van der Waals surface area contributed by atoms with Crippen LogP contribution in [0.4, 0.5) is 0 Å². The third-order valence-corrected chi connectivity index (χ3v) is 3.49. The second-order valence-corrected chi connectivity index (χ2v) is 4.57. The van der Waals surface area contributed by atoms with E-state index in [1.54, 1.807) is 18.5 Å². The van der Waals surface area contributed by atoms with Crippen LogP contribution in [0.3, 0.4) is 0 Å². The van der Waals surface area contributed by atoms with E-state index in [0.29, 0.717) is 6.61 Å². The summed E-state index contributed by atoms with van der Waals surface area (Å²) in [5.41, 5.74) is 1.12. The smallest absolute Gasteiger partial charge is 0.341 e. The van der Waals surface area contributed by atoms with E-state index >= 15 is 0 Å². The highest BCUT2D eigenvalue weighted by atomic mass is 16.5. The number of esters is 1. The van der Waals surface area contributed by atoms with Crippen LogP contribution in [0.15, 0.2) is 18.5 Å². The molecule has 1 atom stereocenters. The molecule has 1 saturated heterocycles. The molecule has 0 bridgehead atoms. The van der Waals surface area contributed by atoms with Gasteiger partial charge in [-0.2, -0.15) is 0 Å². The summed E-state index contributed by atoms with van der Waals surface area (Å²) in [6, 6.07) is 1.99. The van der Waals surface area contributed by atoms with E-state index in [4.69, 9.17) is 14.9 Å². The Kier molecular flexibility index (Phi) is 2.87. The number of nitrogens with one attached hydrogen (secondary N) is 2. The molecule has 6 nitrogen and oxygen atoms in total. The number of aromatic nitrogens is 2. The van der Waals surface area contributed by atoms with Crippen molar-refractivity contribution in [3.8, 4) is 0 Å². The molecule has 2 aromatic rings. The van der Waals surface area contributed by atoms with Crippen molar-refractivity contribution in [2.45, 2.75) is 12.5 Å². The van der Waals surface area contributed by atoms with Gasteiger partial charge in [-0.05, 0) is 12.5 Å². The van der Waals surface area contributed by atoms with Crippen LogP contribution in [-0.2, 0) is 9.47 Å². The van der Waals surface area contributed by atoms with Gasteiger partial charge in [0.05, 0.1) is 25.1 Å². The minimum absolute atomic E-state index is 0.185. The van der Waals surface area contributed by atoms with Crippen molar-refractivity contribution in [2.75, 3.05) is 20.3 Å². The number of H-pyrrole nitrogens is 1. The van der Waals surface area contributed by atoms with Gasteiger partial charge in [-0.3, -0.25) is 5.41 Å². The van der Waals surface area contributed by atoms with Crippen molar-refractivity contribution in [1.29, 1.82) is 5.41 Å². The Morgan fingerprint density at radius 1 is 1.63 bits per heavy atom. The minimum Gasteiger partial charge on any atom is -0.465 e. The summed E-state index contributed by atoms with van der Waals surface area (Å²) in [6.45, 7) is 1.34. The van der Waals surface area contributed by atoms with E-state index in [2.05, 4.69) is 4.98 Å². The Balaban J connectivity index is 2.25. The first-order valence-electron chi connectivity index (χ1n) is 6.15. The number of hydrogen-bond donors (Lipinski definition) is 2. The van der Waals surface area contributed by atoms with Gasteiger partial charge < -0.3 is 19.0 Å². The molecule has 2 N–H and O–H groups in total. The first kappa shape index (κ1) is 12.0. The zero-order valence-corrected chi connectivity index (χ0v) is 10.6. The monoisotopic (exact) mass is 261 g/mol. The van der Waals surface area contributed by atoms with Crippen LogP contribution in [0.25, 0.3) is 11.0 Å². The SMILES string of the molecule is COC(=O)c1cn(C2CCOC2)c2[nH]ccc2c1=N. The first-order valence-corrected chi connectivity index (χ1v) is 6.15. The number of nitrogens with zero attached hydrogens (tertiary/aromatic N) is 1. The molecule has 0 radical (unpaired) electrons. The summed E-state index contributed by atoms with van der Waals surface area (Å²) in [6.07, 6.45) is 4.36. The lowest BCUT2D eigenvalue weighted by Crippen LogP contribution is -2.22. The summed E-state index contributed by atoms with van der Waals surface area (Å²) in [5.74, 6) is -0.485. The molecule has 2 aromatic heterocycles. The molecule has 3 rings (SSSR count). The number of pyridine rings is 1. The van der Waals surface area contributed by atoms with E-state index in [-0.39, 0.29) is 17.0 Å². The lowest BCUT2D eigenvalue weighted by atomic mass is 10.1. The number of ether oxygens (including phenoxy) is 2. The molecule has 0 aromatic carbocycles. The van der Waals surface area contributed by atoms with Crippen molar-refractivity contribution in [2.24, 2.45) is 0 Å². The van der Waals surface area contributed by atoms with Crippen molar-refractivity contribution in [3.63, 3.8) is 0 Å². The van der Waals surface area contributed by atoms with Crippen LogP contribution in [0, 0.1) is 5.41 Å². The average molecular weight is 261 g/mol. The van der Waals surface area contributed by atoms with Gasteiger partial charge in [-0.25, -0.2) is 4.79 Å². The highest BCUT2D eigenvalue weighted by molar-refractivity contribution is 5.92. The van der Waals surface area contributed by atoms with Crippen molar-refractivity contribution in [3.05, 3.63) is 29.4 Å². The van der Waals surface area contributed by atoms with Crippen molar-refractivity contribution >= 4 is 17.0 Å². The molecular formula is C13H15N3O3. The predicted molar refractivity (Wildman–Crippen MR) is 68.0 cm³/mol. The number of hydrogen-bond acceptors (Lipinski definition) is 4. The minimum atomic E-state index is -0.485. The third kappa shape index (κ3) is 1.84. The van der Waals surface area contributed by atoms with E-state index in [0.717, 1.165) is 24.1 Å². The summed E-state index contributed by atoms with van der Waals surface area (Å²) in [5, 5.41) is 9.00. The van der Waals surface area contributed by atoms with Crippen molar-refractivity contribution in [1.82, 2.24) is 9.55 Å². The zero-order chi connectivity index (χ0) is 13.4. The Morgan fingerprint density at radius 2 is 2.47 bits per heavy atom. The molecule has 0 aliphatic carbocycles. The fourth-order valence-corrected chi connectivity index (χ4v) is 2.48. The molecule has 1 unspecified atom stereocenters. The second kappa shape index (κ2) is 4.55. The van der Waals surface area contributed by atoms with Gasteiger partial charge in [0.1, 0.15) is 11.2 Å². The first-order chi connectivity index (χ1) is 9.22. The number of carbonyl (C=O) groups excluding carboxylic acids is 1. The fraction of sp³-hybridized carbons (Fsp3) is 0.385. The van der Waals surface area contributed by atoms with Gasteiger partial charge in [0.15, 0.2) is 0 Å². The van der Waals surface area contributed by atoms with Crippen LogP contribution in [0.1, 0.15) is 22.8 Å². The maximum absolute atomic E-state index is 11.8. The van der Waals surface area contributed by atoms with Crippen LogP contribution in [0.2, 0.25) is 0 Å². The number of carbonyl (C=O) groups is 1. The Bertz CT molecular complexity index is 680. The van der Waals surface area contributed by atoms with Crippen molar-refractivity contribution < 1.29 is 14.3 Å². The summed E-state index contributed by atoms with van der Waals surface area (Å²) in [7, 11) is 1.33. The molecule has 0 spiro atoms. The zero-order valence-electron chi connectivity index (χ0n) is 10.6. The third-order valence-electron chi connectivity index (χ3n) is 3.49. The van der Waals surface area contributed by atoms with Gasteiger partial charge in [0.2, 0.25) is 0 Å². The van der Waals surface area contributed by atoms with Gasteiger partial charge in [0, 0.05) is 24.4 Å².